The van der Waals surface area contributed by atoms with Crippen LogP contribution in [0.5, 0.6) is 5.75 Å². The van der Waals surface area contributed by atoms with Gasteiger partial charge in [-0.1, -0.05) is 19.1 Å². The maximum atomic E-state index is 5.56. The van der Waals surface area contributed by atoms with Gasteiger partial charge in [0.25, 0.3) is 0 Å². The van der Waals surface area contributed by atoms with E-state index in [-0.39, 0.29) is 6.04 Å². The predicted octanol–water partition coefficient (Wildman–Crippen LogP) is 3.92. The molecule has 0 unspecified atom stereocenters. The van der Waals surface area contributed by atoms with Crippen molar-refractivity contribution in [2.45, 2.75) is 32.9 Å². The Morgan fingerprint density at radius 3 is 2.63 bits per heavy atom. The first-order valence-corrected chi connectivity index (χ1v) is 6.78. The number of nitrogens with one attached hydrogen (secondary N) is 1. The van der Waals surface area contributed by atoms with E-state index in [4.69, 9.17) is 9.15 Å². The molecular weight excluding hydrogens is 238 g/mol. The zero-order valence-corrected chi connectivity index (χ0v) is 11.6. The van der Waals surface area contributed by atoms with Gasteiger partial charge in [0.2, 0.25) is 0 Å². The Hall–Kier alpha value is -1.74. The minimum Gasteiger partial charge on any atom is -0.494 e. The normalized spacial score (nSPS) is 12.3. The van der Waals surface area contributed by atoms with E-state index in [0.717, 1.165) is 31.1 Å². The van der Waals surface area contributed by atoms with Crippen LogP contribution in [0.1, 0.15) is 37.6 Å². The molecule has 3 heteroatoms. The van der Waals surface area contributed by atoms with Crippen LogP contribution in [0.4, 0.5) is 0 Å². The van der Waals surface area contributed by atoms with Gasteiger partial charge in [-0.05, 0) is 43.2 Å². The summed E-state index contributed by atoms with van der Waals surface area (Å²) in [6.45, 7) is 5.79. The molecule has 2 aromatic rings. The van der Waals surface area contributed by atoms with Gasteiger partial charge in [0.1, 0.15) is 11.5 Å². The number of hydrogen-bond donors (Lipinski definition) is 1. The van der Waals surface area contributed by atoms with E-state index < -0.39 is 0 Å². The molecule has 19 heavy (non-hydrogen) atoms. The van der Waals surface area contributed by atoms with E-state index in [1.165, 1.54) is 5.56 Å². The van der Waals surface area contributed by atoms with Crippen LogP contribution in [-0.4, -0.2) is 6.61 Å². The van der Waals surface area contributed by atoms with Gasteiger partial charge >= 0.3 is 0 Å². The second-order valence-electron chi connectivity index (χ2n) is 4.61. The Bertz CT molecular complexity index is 462. The summed E-state index contributed by atoms with van der Waals surface area (Å²) < 4.78 is 10.9. The summed E-state index contributed by atoms with van der Waals surface area (Å²) in [5.74, 6) is 1.90. The van der Waals surface area contributed by atoms with Gasteiger partial charge in [0.15, 0.2) is 0 Å². The summed E-state index contributed by atoms with van der Waals surface area (Å²) >= 11 is 0. The third-order valence-electron chi connectivity index (χ3n) is 2.98. The summed E-state index contributed by atoms with van der Waals surface area (Å²) in [5, 5.41) is 3.43. The van der Waals surface area contributed by atoms with Crippen molar-refractivity contribution in [3.8, 4) is 5.75 Å². The van der Waals surface area contributed by atoms with E-state index >= 15 is 0 Å². The lowest BCUT2D eigenvalue weighted by Gasteiger charge is -2.11. The van der Waals surface area contributed by atoms with Crippen molar-refractivity contribution in [3.05, 3.63) is 54.0 Å². The highest BCUT2D eigenvalue weighted by Gasteiger charge is 2.06. The van der Waals surface area contributed by atoms with Gasteiger partial charge in [0.05, 0.1) is 18.9 Å². The third kappa shape index (κ3) is 4.14. The molecule has 1 aromatic heterocycles. The van der Waals surface area contributed by atoms with Gasteiger partial charge < -0.3 is 14.5 Å². The summed E-state index contributed by atoms with van der Waals surface area (Å²) in [5.41, 5.74) is 1.24. The Morgan fingerprint density at radius 2 is 2.00 bits per heavy atom. The number of rotatable bonds is 7. The van der Waals surface area contributed by atoms with Crippen LogP contribution in [0.2, 0.25) is 0 Å². The summed E-state index contributed by atoms with van der Waals surface area (Å²) in [7, 11) is 0. The molecule has 1 heterocycles. The molecule has 0 amide bonds. The molecule has 0 radical (unpaired) electrons. The topological polar surface area (TPSA) is 34.4 Å². The zero-order valence-electron chi connectivity index (χ0n) is 11.6. The lowest BCUT2D eigenvalue weighted by Crippen LogP contribution is -2.17. The van der Waals surface area contributed by atoms with E-state index in [9.17, 15) is 0 Å². The molecule has 0 spiro atoms. The molecule has 0 fully saturated rings. The molecule has 0 aliphatic rings. The first kappa shape index (κ1) is 13.7. The number of benzene rings is 1. The quantitative estimate of drug-likeness (QED) is 0.818. The number of furan rings is 1. The van der Waals surface area contributed by atoms with Crippen molar-refractivity contribution in [1.29, 1.82) is 0 Å². The molecule has 1 atom stereocenters. The molecule has 2 rings (SSSR count). The van der Waals surface area contributed by atoms with Crippen LogP contribution >= 0.6 is 0 Å². The maximum Gasteiger partial charge on any atom is 0.120 e. The van der Waals surface area contributed by atoms with Crippen molar-refractivity contribution < 1.29 is 9.15 Å². The molecule has 1 aromatic carbocycles. The standard InChI is InChI=1S/C16H21NO2/c1-3-10-18-15-8-6-14(7-9-15)12-17-13(2)16-5-4-11-19-16/h4-9,11,13,17H,3,10,12H2,1-2H3/t13-/m0/s1. The summed E-state index contributed by atoms with van der Waals surface area (Å²) in [6.07, 6.45) is 2.73. The van der Waals surface area contributed by atoms with Crippen molar-refractivity contribution in [2.75, 3.05) is 6.61 Å². The lowest BCUT2D eigenvalue weighted by atomic mass is 10.2. The van der Waals surface area contributed by atoms with Crippen molar-refractivity contribution in [3.63, 3.8) is 0 Å². The molecule has 0 aliphatic heterocycles. The SMILES string of the molecule is CCCOc1ccc(CN[C@@H](C)c2ccco2)cc1. The Labute approximate surface area is 114 Å². The highest BCUT2D eigenvalue weighted by molar-refractivity contribution is 5.27. The van der Waals surface area contributed by atoms with Crippen LogP contribution in [-0.2, 0) is 6.54 Å². The molecule has 1 N–H and O–H groups in total. The Morgan fingerprint density at radius 1 is 1.21 bits per heavy atom. The van der Waals surface area contributed by atoms with Gasteiger partial charge in [0, 0.05) is 6.54 Å². The average molecular weight is 259 g/mol. The highest BCUT2D eigenvalue weighted by Crippen LogP contribution is 2.15. The maximum absolute atomic E-state index is 5.56. The molecular formula is C16H21NO2. The summed E-state index contributed by atoms with van der Waals surface area (Å²) in [4.78, 5) is 0. The molecule has 0 bridgehead atoms. The van der Waals surface area contributed by atoms with Gasteiger partial charge in [-0.2, -0.15) is 0 Å². The minimum absolute atomic E-state index is 0.214. The largest absolute Gasteiger partial charge is 0.494 e. The van der Waals surface area contributed by atoms with Crippen LogP contribution in [0.3, 0.4) is 0 Å². The highest BCUT2D eigenvalue weighted by atomic mass is 16.5. The molecule has 3 nitrogen and oxygen atoms in total. The van der Waals surface area contributed by atoms with Crippen molar-refractivity contribution >= 4 is 0 Å². The van der Waals surface area contributed by atoms with Crippen LogP contribution in [0.15, 0.2) is 47.1 Å². The van der Waals surface area contributed by atoms with E-state index in [1.54, 1.807) is 6.26 Å². The van der Waals surface area contributed by atoms with E-state index in [2.05, 4.69) is 31.3 Å². The fraction of sp³-hybridized carbons (Fsp3) is 0.375. The Balaban J connectivity index is 1.82. The first-order valence-electron chi connectivity index (χ1n) is 6.78. The predicted molar refractivity (Wildman–Crippen MR) is 76.2 cm³/mol. The van der Waals surface area contributed by atoms with Gasteiger partial charge in [-0.25, -0.2) is 0 Å². The lowest BCUT2D eigenvalue weighted by molar-refractivity contribution is 0.317. The number of hydrogen-bond acceptors (Lipinski definition) is 3. The van der Waals surface area contributed by atoms with Crippen LogP contribution in [0, 0.1) is 0 Å². The smallest absolute Gasteiger partial charge is 0.120 e. The fourth-order valence-corrected chi connectivity index (χ4v) is 1.83. The van der Waals surface area contributed by atoms with Gasteiger partial charge in [-0.3, -0.25) is 0 Å². The number of ether oxygens (including phenoxy) is 1. The molecule has 0 aliphatic carbocycles. The molecule has 0 saturated carbocycles. The van der Waals surface area contributed by atoms with Crippen molar-refractivity contribution in [1.82, 2.24) is 5.32 Å². The van der Waals surface area contributed by atoms with Crippen LogP contribution < -0.4 is 10.1 Å². The minimum atomic E-state index is 0.214. The Kier molecular flexibility index (Phi) is 5.04. The monoisotopic (exact) mass is 259 g/mol. The first-order chi connectivity index (χ1) is 9.29. The summed E-state index contributed by atoms with van der Waals surface area (Å²) in [6, 6.07) is 12.3. The van der Waals surface area contributed by atoms with E-state index in [1.807, 2.05) is 24.3 Å². The fourth-order valence-electron chi connectivity index (χ4n) is 1.83. The zero-order chi connectivity index (χ0) is 13.5. The second-order valence-corrected chi connectivity index (χ2v) is 4.61. The average Bonchev–Trinajstić information content (AvgIpc) is 2.98. The second kappa shape index (κ2) is 7.00. The molecule has 0 saturated heterocycles. The van der Waals surface area contributed by atoms with Gasteiger partial charge in [-0.15, -0.1) is 0 Å². The molecule has 102 valence electrons. The third-order valence-corrected chi connectivity index (χ3v) is 2.98. The van der Waals surface area contributed by atoms with Crippen LogP contribution in [0.25, 0.3) is 0 Å². The van der Waals surface area contributed by atoms with E-state index in [0.29, 0.717) is 0 Å². The van der Waals surface area contributed by atoms with Crippen molar-refractivity contribution in [2.24, 2.45) is 0 Å².